The Morgan fingerprint density at radius 3 is 1.40 bits per heavy atom. The molecular formula is C66H52N4. The summed E-state index contributed by atoms with van der Waals surface area (Å²) in [6.45, 7) is 32.2. The monoisotopic (exact) mass is 900 g/mol. The molecule has 0 saturated carbocycles. The average Bonchev–Trinajstić information content (AvgIpc) is 4.06. The van der Waals surface area contributed by atoms with Crippen molar-refractivity contribution in [2.45, 2.75) is 103 Å². The summed E-state index contributed by atoms with van der Waals surface area (Å²) in [5.74, 6) is 0.0155. The van der Waals surface area contributed by atoms with Crippen molar-refractivity contribution in [2.75, 3.05) is 0 Å². The lowest BCUT2D eigenvalue weighted by Crippen LogP contribution is -2.36. The molecule has 4 aromatic heterocycles. The molecule has 4 heteroatoms. The third kappa shape index (κ3) is 4.50. The van der Waals surface area contributed by atoms with Crippen LogP contribution in [0.3, 0.4) is 0 Å². The van der Waals surface area contributed by atoms with Gasteiger partial charge in [0.05, 0.1) is 45.8 Å². The third-order valence-electron chi connectivity index (χ3n) is 17.8. The zero-order chi connectivity index (χ0) is 48.0. The van der Waals surface area contributed by atoms with Crippen molar-refractivity contribution in [1.29, 1.82) is 5.26 Å². The maximum absolute atomic E-state index is 11.3. The van der Waals surface area contributed by atoms with E-state index in [4.69, 9.17) is 6.57 Å². The maximum atomic E-state index is 11.3. The summed E-state index contributed by atoms with van der Waals surface area (Å²) in [6, 6.07) is 48.9. The molecule has 0 unspecified atom stereocenters. The van der Waals surface area contributed by atoms with Crippen LogP contribution >= 0.6 is 0 Å². The van der Waals surface area contributed by atoms with Crippen molar-refractivity contribution in [3.8, 4) is 6.07 Å². The Balaban J connectivity index is 1.13. The van der Waals surface area contributed by atoms with E-state index >= 15 is 0 Å². The highest BCUT2D eigenvalue weighted by Gasteiger charge is 2.47. The van der Waals surface area contributed by atoms with Crippen molar-refractivity contribution >= 4 is 81.9 Å². The van der Waals surface area contributed by atoms with Gasteiger partial charge in [0.15, 0.2) is 5.69 Å². The fourth-order valence-electron chi connectivity index (χ4n) is 14.7. The number of nitrogens with zero attached hydrogens (tertiary/aromatic N) is 4. The van der Waals surface area contributed by atoms with Gasteiger partial charge in [-0.25, -0.2) is 4.85 Å². The lowest BCUT2D eigenvalue weighted by Gasteiger charge is -2.45. The first-order valence-corrected chi connectivity index (χ1v) is 25.1. The van der Waals surface area contributed by atoms with E-state index in [0.717, 1.165) is 38.9 Å². The molecule has 4 aliphatic carbocycles. The molecule has 4 aliphatic rings. The van der Waals surface area contributed by atoms with Gasteiger partial charge in [-0.3, -0.25) is 0 Å². The number of rotatable bonds is 0. The molecule has 0 N–H and O–H groups in total. The predicted octanol–water partition coefficient (Wildman–Crippen LogP) is 17.0. The van der Waals surface area contributed by atoms with Gasteiger partial charge in [-0.15, -0.1) is 0 Å². The van der Waals surface area contributed by atoms with Crippen molar-refractivity contribution in [1.82, 2.24) is 8.80 Å². The highest BCUT2D eigenvalue weighted by atomic mass is 14.9. The zero-order valence-electron chi connectivity index (χ0n) is 41.5. The van der Waals surface area contributed by atoms with Crippen LogP contribution in [0.4, 0.5) is 5.69 Å². The summed E-state index contributed by atoms with van der Waals surface area (Å²) in [5, 5.41) is 21.2. The molecule has 336 valence electrons. The Labute approximate surface area is 407 Å². The summed E-state index contributed by atoms with van der Waals surface area (Å²) < 4.78 is 5.04. The minimum atomic E-state index is -0.367. The van der Waals surface area contributed by atoms with Gasteiger partial charge in [0.25, 0.3) is 0 Å². The smallest absolute Gasteiger partial charge is 0.193 e. The van der Waals surface area contributed by atoms with Gasteiger partial charge in [0.2, 0.25) is 0 Å². The summed E-state index contributed by atoms with van der Waals surface area (Å²) in [6.07, 6.45) is 0. The lowest BCUT2D eigenvalue weighted by molar-refractivity contribution is 0.527. The van der Waals surface area contributed by atoms with E-state index in [9.17, 15) is 5.26 Å². The summed E-state index contributed by atoms with van der Waals surface area (Å²) >= 11 is 0. The second-order valence-corrected chi connectivity index (χ2v) is 24.2. The van der Waals surface area contributed by atoms with Crippen LogP contribution < -0.4 is 0 Å². The molecule has 70 heavy (non-hydrogen) atoms. The number of nitriles is 1. The van der Waals surface area contributed by atoms with Gasteiger partial charge in [-0.2, -0.15) is 5.26 Å². The van der Waals surface area contributed by atoms with Gasteiger partial charge in [0, 0.05) is 71.3 Å². The fourth-order valence-corrected chi connectivity index (χ4v) is 14.7. The second-order valence-electron chi connectivity index (χ2n) is 24.2. The van der Waals surface area contributed by atoms with E-state index in [1.54, 1.807) is 0 Å². The molecule has 0 atom stereocenters. The van der Waals surface area contributed by atoms with Crippen LogP contribution in [0.1, 0.15) is 153 Å². The van der Waals surface area contributed by atoms with Crippen LogP contribution in [0, 0.1) is 17.9 Å². The molecule has 0 saturated heterocycles. The molecule has 0 spiro atoms. The van der Waals surface area contributed by atoms with E-state index in [1.807, 2.05) is 0 Å². The molecule has 0 radical (unpaired) electrons. The fraction of sp³-hybridized carbons (Fsp3) is 0.242. The van der Waals surface area contributed by atoms with Crippen LogP contribution in [-0.4, -0.2) is 8.80 Å². The summed E-state index contributed by atoms with van der Waals surface area (Å²) in [7, 11) is 0. The van der Waals surface area contributed by atoms with Crippen LogP contribution in [0.15, 0.2) is 121 Å². The van der Waals surface area contributed by atoms with E-state index in [1.165, 1.54) is 115 Å². The van der Waals surface area contributed by atoms with Crippen LogP contribution in [-0.2, 0) is 21.7 Å². The highest BCUT2D eigenvalue weighted by molar-refractivity contribution is 6.30. The third-order valence-corrected chi connectivity index (χ3v) is 17.8. The molecule has 8 aromatic carbocycles. The molecule has 16 rings (SSSR count). The molecule has 0 aliphatic heterocycles. The van der Waals surface area contributed by atoms with E-state index in [0.29, 0.717) is 0 Å². The Morgan fingerprint density at radius 2 is 0.929 bits per heavy atom. The number of fused-ring (bicyclic) bond motifs is 15. The van der Waals surface area contributed by atoms with Gasteiger partial charge in [-0.1, -0.05) is 142 Å². The Morgan fingerprint density at radius 1 is 0.500 bits per heavy atom. The zero-order valence-corrected chi connectivity index (χ0v) is 41.5. The molecule has 4 heterocycles. The van der Waals surface area contributed by atoms with E-state index < -0.39 is 0 Å². The van der Waals surface area contributed by atoms with Gasteiger partial charge in [0.1, 0.15) is 0 Å². The van der Waals surface area contributed by atoms with Gasteiger partial charge >= 0.3 is 0 Å². The molecule has 0 amide bonds. The summed E-state index contributed by atoms with van der Waals surface area (Å²) in [5.41, 5.74) is 23.0. The van der Waals surface area contributed by atoms with Crippen molar-refractivity contribution in [2.24, 2.45) is 0 Å². The van der Waals surface area contributed by atoms with Crippen molar-refractivity contribution in [3.05, 3.63) is 205 Å². The van der Waals surface area contributed by atoms with Crippen molar-refractivity contribution < 1.29 is 0 Å². The number of hydrogen-bond acceptors (Lipinski definition) is 1. The largest absolute Gasteiger partial charge is 0.309 e. The Hall–Kier alpha value is -7.66. The highest BCUT2D eigenvalue weighted by Crippen LogP contribution is 2.61. The molecule has 2 bridgehead atoms. The van der Waals surface area contributed by atoms with E-state index in [-0.39, 0.29) is 33.5 Å². The summed E-state index contributed by atoms with van der Waals surface area (Å²) in [4.78, 5) is 4.40. The first kappa shape index (κ1) is 40.2. The van der Waals surface area contributed by atoms with Crippen LogP contribution in [0.5, 0.6) is 0 Å². The molecule has 12 aromatic rings. The first-order valence-electron chi connectivity index (χ1n) is 25.1. The van der Waals surface area contributed by atoms with E-state index in [2.05, 4.69) is 210 Å². The van der Waals surface area contributed by atoms with Gasteiger partial charge < -0.3 is 8.80 Å². The number of aromatic nitrogens is 2. The normalized spacial score (nSPS) is 17.8. The van der Waals surface area contributed by atoms with Gasteiger partial charge in [-0.05, 0) is 126 Å². The SMILES string of the molecule is [C-]#[N+]c1cc2c(c3c1C(C)(C)c1ccccc1C3(C)C)c1cc(C(C)(C)C)cc3c4cc5c(cc4n2c31)c1cc(C(C)(C)C)cc2c3c4c(c(C#N)cc3n5c12)C1c2ccccc2C4c2ccccc21. The predicted molar refractivity (Wildman–Crippen MR) is 290 cm³/mol. The minimum absolute atomic E-state index is 0.00362. The second kappa shape index (κ2) is 12.4. The van der Waals surface area contributed by atoms with Crippen molar-refractivity contribution in [3.63, 3.8) is 0 Å². The van der Waals surface area contributed by atoms with Crippen LogP contribution in [0.2, 0.25) is 0 Å². The maximum Gasteiger partial charge on any atom is 0.193 e. The molecular weight excluding hydrogens is 849 g/mol. The first-order chi connectivity index (χ1) is 33.4. The average molecular weight is 901 g/mol. The van der Waals surface area contributed by atoms with Crippen LogP contribution in [0.25, 0.3) is 81.0 Å². The Kier molecular flexibility index (Phi) is 7.12. The number of benzene rings is 8. The molecule has 0 fully saturated rings. The quantitative estimate of drug-likeness (QED) is 0.140. The minimum Gasteiger partial charge on any atom is -0.309 e. The molecule has 4 nitrogen and oxygen atoms in total. The lowest BCUT2D eigenvalue weighted by atomic mass is 9.59. The topological polar surface area (TPSA) is 37.0 Å². The standard InChI is InChI=1S/C66H52N4/c1-63(2,3)34-25-42-40-30-50-41(29-49(40)69-51-24-33(32-67)53-54-36-18-12-14-20-38(36)55(39-21-15-13-19-37(39)54)58(53)56(51)44(27-34)61(42)69)43-26-35(64(4,5)6)28-45-57-52(70(50)62(43)45)31-48(68-11)59-60(57)66(9,10)47-23-17-16-22-46(47)65(59,7)8/h12-31,54-55H,1-10H3. The number of hydrogen-bond donors (Lipinski definition) is 0. The Bertz CT molecular complexity index is 4470.